The molecule has 2 atom stereocenters. The summed E-state index contributed by atoms with van der Waals surface area (Å²) < 4.78 is 25.9. The molecule has 2 aliphatic heterocycles. The maximum atomic E-state index is 14.6. The van der Waals surface area contributed by atoms with Gasteiger partial charge in [-0.15, -0.1) is 0 Å². The SMILES string of the molecule is COc1ccc(-c2ccc3c(c2)C2OC3c3ccc(C(=O)NCc4c(C)cc(N)nc4C)cc32)c(F)n1. The summed E-state index contributed by atoms with van der Waals surface area (Å²) in [6, 6.07) is 16.6. The molecule has 2 aromatic carbocycles. The zero-order valence-electron chi connectivity index (χ0n) is 20.6. The summed E-state index contributed by atoms with van der Waals surface area (Å²) in [6.45, 7) is 4.19. The van der Waals surface area contributed by atoms with Gasteiger partial charge in [-0.2, -0.15) is 9.37 Å². The number of aromatic nitrogens is 2. The molecule has 7 nitrogen and oxygen atoms in total. The minimum Gasteiger partial charge on any atom is -0.481 e. The molecular formula is C29H25FN4O3. The number of anilines is 1. The van der Waals surface area contributed by atoms with Gasteiger partial charge < -0.3 is 20.5 Å². The maximum absolute atomic E-state index is 14.6. The van der Waals surface area contributed by atoms with E-state index in [4.69, 9.17) is 15.2 Å². The summed E-state index contributed by atoms with van der Waals surface area (Å²) in [5, 5.41) is 3.00. The fraction of sp³-hybridized carbons (Fsp3) is 0.207. The Morgan fingerprint density at radius 2 is 1.73 bits per heavy atom. The van der Waals surface area contributed by atoms with Gasteiger partial charge in [0.2, 0.25) is 11.8 Å². The Hall–Kier alpha value is -4.30. The van der Waals surface area contributed by atoms with Gasteiger partial charge in [0.05, 0.1) is 7.11 Å². The van der Waals surface area contributed by atoms with Crippen LogP contribution in [0.3, 0.4) is 0 Å². The van der Waals surface area contributed by atoms with E-state index in [0.717, 1.165) is 39.1 Å². The van der Waals surface area contributed by atoms with Crippen LogP contribution in [0.5, 0.6) is 5.88 Å². The number of halogens is 1. The predicted molar refractivity (Wildman–Crippen MR) is 137 cm³/mol. The van der Waals surface area contributed by atoms with Crippen LogP contribution < -0.4 is 15.8 Å². The van der Waals surface area contributed by atoms with Crippen molar-refractivity contribution in [2.45, 2.75) is 32.6 Å². The second-order valence-corrected chi connectivity index (χ2v) is 9.39. The third kappa shape index (κ3) is 3.81. The predicted octanol–water partition coefficient (Wildman–Crippen LogP) is 4.94. The molecule has 6 rings (SSSR count). The molecule has 4 aromatic rings. The quantitative estimate of drug-likeness (QED) is 0.380. The summed E-state index contributed by atoms with van der Waals surface area (Å²) in [4.78, 5) is 21.2. The summed E-state index contributed by atoms with van der Waals surface area (Å²) >= 11 is 0. The lowest BCUT2D eigenvalue weighted by Crippen LogP contribution is -2.24. The van der Waals surface area contributed by atoms with Crippen LogP contribution in [0.2, 0.25) is 0 Å². The standard InChI is InChI=1S/C29H25FN4O3/c1-14-10-24(31)33-15(2)23(14)13-32-29(35)17-5-7-20-22(12-17)27-21-11-16(4-6-19(21)26(20)37-27)18-8-9-25(36-3)34-28(18)30/h4-12,26-27H,13H2,1-3H3,(H2,31,33)(H,32,35). The molecule has 8 heteroatoms. The molecule has 186 valence electrons. The maximum Gasteiger partial charge on any atom is 0.251 e. The number of amides is 1. The third-order valence-corrected chi connectivity index (χ3v) is 7.18. The third-order valence-electron chi connectivity index (χ3n) is 7.18. The van der Waals surface area contributed by atoms with Crippen LogP contribution in [0.4, 0.5) is 10.2 Å². The highest BCUT2D eigenvalue weighted by Gasteiger charge is 2.43. The van der Waals surface area contributed by atoms with Crippen molar-refractivity contribution < 1.29 is 18.7 Å². The second kappa shape index (κ2) is 8.67. The molecule has 0 aliphatic carbocycles. The van der Waals surface area contributed by atoms with Gasteiger partial charge in [0, 0.05) is 29.4 Å². The smallest absolute Gasteiger partial charge is 0.251 e. The van der Waals surface area contributed by atoms with E-state index in [9.17, 15) is 9.18 Å². The number of ether oxygens (including phenoxy) is 2. The van der Waals surface area contributed by atoms with E-state index in [-0.39, 0.29) is 24.0 Å². The lowest BCUT2D eigenvalue weighted by atomic mass is 9.84. The Morgan fingerprint density at radius 1 is 1.00 bits per heavy atom. The highest BCUT2D eigenvalue weighted by Crippen LogP contribution is 2.54. The number of fused-ring (bicyclic) bond motifs is 8. The van der Waals surface area contributed by atoms with Crippen molar-refractivity contribution in [1.29, 1.82) is 0 Å². The normalized spacial score (nSPS) is 16.9. The van der Waals surface area contributed by atoms with E-state index < -0.39 is 5.95 Å². The fourth-order valence-corrected chi connectivity index (χ4v) is 5.33. The first-order chi connectivity index (χ1) is 17.8. The van der Waals surface area contributed by atoms with Crippen molar-refractivity contribution in [2.24, 2.45) is 0 Å². The number of nitrogens with two attached hydrogens (primary N) is 1. The Balaban J connectivity index is 1.26. The minimum atomic E-state index is -0.593. The molecule has 0 spiro atoms. The van der Waals surface area contributed by atoms with Gasteiger partial charge in [0.25, 0.3) is 5.91 Å². The number of carbonyl (C=O) groups excluding carboxylic acids is 1. The molecule has 37 heavy (non-hydrogen) atoms. The number of hydrogen-bond acceptors (Lipinski definition) is 6. The van der Waals surface area contributed by atoms with E-state index in [1.54, 1.807) is 18.2 Å². The molecular weight excluding hydrogens is 471 g/mol. The summed E-state index contributed by atoms with van der Waals surface area (Å²) in [7, 11) is 1.45. The second-order valence-electron chi connectivity index (χ2n) is 9.39. The van der Waals surface area contributed by atoms with E-state index in [1.165, 1.54) is 7.11 Å². The van der Waals surface area contributed by atoms with Gasteiger partial charge in [0.1, 0.15) is 18.0 Å². The highest BCUT2D eigenvalue weighted by atomic mass is 19.1. The number of carbonyl (C=O) groups is 1. The molecule has 3 N–H and O–H groups in total. The van der Waals surface area contributed by atoms with Crippen molar-refractivity contribution in [3.05, 3.63) is 105 Å². The van der Waals surface area contributed by atoms with E-state index in [0.29, 0.717) is 29.1 Å². The minimum absolute atomic E-state index is 0.179. The topological polar surface area (TPSA) is 99.4 Å². The highest BCUT2D eigenvalue weighted by molar-refractivity contribution is 5.94. The molecule has 0 saturated heterocycles. The summed E-state index contributed by atoms with van der Waals surface area (Å²) in [5.74, 6) is -0.0817. The number of aryl methyl sites for hydroxylation is 2. The van der Waals surface area contributed by atoms with E-state index in [1.807, 2.05) is 50.2 Å². The molecule has 0 saturated carbocycles. The first-order valence-electron chi connectivity index (χ1n) is 12.0. The number of benzene rings is 2. The average molecular weight is 497 g/mol. The molecule has 2 aromatic heterocycles. The number of methoxy groups -OCH3 is 1. The zero-order chi connectivity index (χ0) is 25.8. The van der Waals surface area contributed by atoms with Crippen LogP contribution in [0.1, 0.15) is 61.6 Å². The molecule has 2 bridgehead atoms. The van der Waals surface area contributed by atoms with Gasteiger partial charge in [-0.3, -0.25) is 4.79 Å². The van der Waals surface area contributed by atoms with Crippen molar-refractivity contribution in [3.8, 4) is 17.0 Å². The molecule has 0 radical (unpaired) electrons. The zero-order valence-corrected chi connectivity index (χ0v) is 20.6. The fourth-order valence-electron chi connectivity index (χ4n) is 5.33. The van der Waals surface area contributed by atoms with Crippen molar-refractivity contribution in [2.75, 3.05) is 12.8 Å². The number of nitrogens with zero attached hydrogens (tertiary/aromatic N) is 2. The molecule has 1 amide bonds. The molecule has 2 unspecified atom stereocenters. The van der Waals surface area contributed by atoms with Crippen molar-refractivity contribution in [3.63, 3.8) is 0 Å². The molecule has 2 aliphatic rings. The summed E-state index contributed by atoms with van der Waals surface area (Å²) in [5.41, 5.74) is 14.2. The molecule has 4 heterocycles. The van der Waals surface area contributed by atoms with Gasteiger partial charge in [-0.25, -0.2) is 4.98 Å². The lowest BCUT2D eigenvalue weighted by Gasteiger charge is -2.18. The number of nitrogen functional groups attached to an aromatic ring is 1. The molecule has 0 fully saturated rings. The Morgan fingerprint density at radius 3 is 2.46 bits per heavy atom. The van der Waals surface area contributed by atoms with Gasteiger partial charge in [-0.05, 0) is 83.1 Å². The lowest BCUT2D eigenvalue weighted by molar-refractivity contribution is 0.0857. The van der Waals surface area contributed by atoms with E-state index in [2.05, 4.69) is 15.3 Å². The van der Waals surface area contributed by atoms with Gasteiger partial charge in [0.15, 0.2) is 0 Å². The average Bonchev–Trinajstić information content (AvgIpc) is 3.44. The van der Waals surface area contributed by atoms with Crippen LogP contribution in [0.25, 0.3) is 11.1 Å². The van der Waals surface area contributed by atoms with Crippen molar-refractivity contribution in [1.82, 2.24) is 15.3 Å². The van der Waals surface area contributed by atoms with Crippen LogP contribution in [-0.2, 0) is 11.3 Å². The van der Waals surface area contributed by atoms with Crippen molar-refractivity contribution >= 4 is 11.7 Å². The van der Waals surface area contributed by atoms with Crippen LogP contribution >= 0.6 is 0 Å². The largest absolute Gasteiger partial charge is 0.481 e. The number of pyridine rings is 2. The Bertz CT molecular complexity index is 1560. The van der Waals surface area contributed by atoms with Crippen LogP contribution in [-0.4, -0.2) is 23.0 Å². The Kier molecular flexibility index (Phi) is 5.42. The number of hydrogen-bond donors (Lipinski definition) is 2. The van der Waals surface area contributed by atoms with E-state index >= 15 is 0 Å². The van der Waals surface area contributed by atoms with Crippen LogP contribution in [0, 0.1) is 19.8 Å². The summed E-state index contributed by atoms with van der Waals surface area (Å²) in [6.07, 6.45) is -0.520. The van der Waals surface area contributed by atoms with Gasteiger partial charge in [-0.1, -0.05) is 18.2 Å². The van der Waals surface area contributed by atoms with Gasteiger partial charge >= 0.3 is 0 Å². The number of rotatable bonds is 5. The Labute approximate surface area is 213 Å². The van der Waals surface area contributed by atoms with Crippen LogP contribution in [0.15, 0.2) is 54.6 Å². The first-order valence-corrected chi connectivity index (χ1v) is 12.0. The monoisotopic (exact) mass is 496 g/mol. The first kappa shape index (κ1) is 23.1. The number of nitrogens with one attached hydrogen (secondary N) is 1.